The Balaban J connectivity index is 1.48. The molecule has 0 saturated carbocycles. The fourth-order valence-corrected chi connectivity index (χ4v) is 4.82. The van der Waals surface area contributed by atoms with E-state index in [0.29, 0.717) is 10.0 Å². The topological polar surface area (TPSA) is 42.0 Å². The number of hydrogen-bond acceptors (Lipinski definition) is 3. The number of hydrogen-bond donors (Lipinski definition) is 1. The second-order valence-electron chi connectivity index (χ2n) is 7.73. The van der Waals surface area contributed by atoms with Gasteiger partial charge in [0, 0.05) is 34.9 Å². The summed E-state index contributed by atoms with van der Waals surface area (Å²) >= 11 is 7.07. The molecule has 3 aromatic carbocycles. The quantitative estimate of drug-likeness (QED) is 0.284. The van der Waals surface area contributed by atoms with Crippen LogP contribution in [0.4, 0.5) is 18.3 Å². The van der Waals surface area contributed by atoms with Gasteiger partial charge in [0.15, 0.2) is 5.13 Å². The molecule has 0 bridgehead atoms. The predicted octanol–water partition coefficient (Wildman–Crippen LogP) is 7.57. The zero-order valence-corrected chi connectivity index (χ0v) is 19.4. The molecule has 0 aliphatic rings. The number of alkyl halides is 3. The standard InChI is InChI=1S/C26H20ClF3N2OS/c27-20-11-12-23(26(28,29)30)19(13-20)14-21-16-31-25(34-21)32-24(33)15-22(17-7-3-1-4-8-17)18-9-5-2-6-10-18/h1-13,16,22H,14-15H2,(H,31,32,33). The van der Waals surface area contributed by atoms with E-state index in [4.69, 9.17) is 11.6 Å². The molecular weight excluding hydrogens is 481 g/mol. The molecule has 0 radical (unpaired) electrons. The number of halogens is 4. The predicted molar refractivity (Wildman–Crippen MR) is 129 cm³/mol. The molecule has 0 aliphatic carbocycles. The van der Waals surface area contributed by atoms with E-state index in [1.165, 1.54) is 18.3 Å². The van der Waals surface area contributed by atoms with Crippen LogP contribution < -0.4 is 5.32 Å². The minimum absolute atomic E-state index is 0.0135. The minimum Gasteiger partial charge on any atom is -0.302 e. The normalized spacial score (nSPS) is 11.6. The zero-order valence-electron chi connectivity index (χ0n) is 17.9. The zero-order chi connectivity index (χ0) is 24.1. The molecule has 1 aromatic heterocycles. The summed E-state index contributed by atoms with van der Waals surface area (Å²) in [5.74, 6) is -0.361. The second-order valence-corrected chi connectivity index (χ2v) is 9.29. The van der Waals surface area contributed by atoms with Crippen LogP contribution in [0.5, 0.6) is 0 Å². The van der Waals surface area contributed by atoms with Crippen LogP contribution in [0.3, 0.4) is 0 Å². The number of carbonyl (C=O) groups excluding carboxylic acids is 1. The van der Waals surface area contributed by atoms with Crippen molar-refractivity contribution in [3.8, 4) is 0 Å². The Labute approximate surface area is 204 Å². The molecule has 8 heteroatoms. The highest BCUT2D eigenvalue weighted by atomic mass is 35.5. The molecule has 34 heavy (non-hydrogen) atoms. The van der Waals surface area contributed by atoms with Gasteiger partial charge in [-0.15, -0.1) is 11.3 Å². The molecule has 0 spiro atoms. The van der Waals surface area contributed by atoms with Crippen LogP contribution in [-0.2, 0) is 17.4 Å². The average Bonchev–Trinajstić information content (AvgIpc) is 3.24. The van der Waals surface area contributed by atoms with E-state index in [1.54, 1.807) is 0 Å². The van der Waals surface area contributed by atoms with E-state index < -0.39 is 11.7 Å². The maximum atomic E-state index is 13.3. The molecule has 1 heterocycles. The van der Waals surface area contributed by atoms with Gasteiger partial charge in [-0.25, -0.2) is 4.98 Å². The maximum Gasteiger partial charge on any atom is 0.416 e. The van der Waals surface area contributed by atoms with Crippen LogP contribution in [0.15, 0.2) is 85.1 Å². The summed E-state index contributed by atoms with van der Waals surface area (Å²) in [5, 5.41) is 3.37. The van der Waals surface area contributed by atoms with Crippen molar-refractivity contribution in [2.45, 2.75) is 24.9 Å². The fourth-order valence-electron chi connectivity index (χ4n) is 3.77. The van der Waals surface area contributed by atoms with Crippen LogP contribution in [0.2, 0.25) is 5.02 Å². The Bertz CT molecular complexity index is 1220. The van der Waals surface area contributed by atoms with E-state index in [1.807, 2.05) is 60.7 Å². The van der Waals surface area contributed by atoms with Gasteiger partial charge >= 0.3 is 6.18 Å². The first-order valence-corrected chi connectivity index (χ1v) is 11.7. The van der Waals surface area contributed by atoms with Gasteiger partial charge in [-0.1, -0.05) is 72.3 Å². The van der Waals surface area contributed by atoms with E-state index in [-0.39, 0.29) is 35.3 Å². The number of rotatable bonds is 7. The molecular formula is C26H20ClF3N2OS. The highest BCUT2D eigenvalue weighted by molar-refractivity contribution is 7.15. The number of nitrogens with one attached hydrogen (secondary N) is 1. The molecule has 4 aromatic rings. The second kappa shape index (κ2) is 10.4. The van der Waals surface area contributed by atoms with Gasteiger partial charge in [-0.05, 0) is 34.9 Å². The third-order valence-corrected chi connectivity index (χ3v) is 6.48. The third kappa shape index (κ3) is 6.04. The summed E-state index contributed by atoms with van der Waals surface area (Å²) in [6.45, 7) is 0. The molecule has 1 N–H and O–H groups in total. The first-order valence-electron chi connectivity index (χ1n) is 10.5. The fraction of sp³-hybridized carbons (Fsp3) is 0.154. The van der Waals surface area contributed by atoms with Gasteiger partial charge in [0.2, 0.25) is 5.91 Å². The molecule has 0 atom stereocenters. The number of carbonyl (C=O) groups is 1. The van der Waals surface area contributed by atoms with Crippen molar-refractivity contribution >= 4 is 34.0 Å². The minimum atomic E-state index is -4.48. The highest BCUT2D eigenvalue weighted by Crippen LogP contribution is 2.35. The first-order chi connectivity index (χ1) is 16.3. The lowest BCUT2D eigenvalue weighted by molar-refractivity contribution is -0.138. The van der Waals surface area contributed by atoms with Gasteiger partial charge in [0.05, 0.1) is 5.56 Å². The van der Waals surface area contributed by atoms with Crippen LogP contribution in [-0.4, -0.2) is 10.9 Å². The Kier molecular flexibility index (Phi) is 7.34. The van der Waals surface area contributed by atoms with Gasteiger partial charge in [0.25, 0.3) is 0 Å². The van der Waals surface area contributed by atoms with Crippen molar-refractivity contribution in [2.75, 3.05) is 5.32 Å². The number of benzene rings is 3. The lowest BCUT2D eigenvalue weighted by Crippen LogP contribution is -2.16. The SMILES string of the molecule is O=C(CC(c1ccccc1)c1ccccc1)Nc1ncc(Cc2cc(Cl)ccc2C(F)(F)F)s1. The molecule has 3 nitrogen and oxygen atoms in total. The highest BCUT2D eigenvalue weighted by Gasteiger charge is 2.33. The van der Waals surface area contributed by atoms with Crippen LogP contribution in [0.25, 0.3) is 0 Å². The Morgan fingerprint density at radius 3 is 2.18 bits per heavy atom. The number of anilines is 1. The largest absolute Gasteiger partial charge is 0.416 e. The van der Waals surface area contributed by atoms with Crippen LogP contribution in [0.1, 0.15) is 39.5 Å². The summed E-state index contributed by atoms with van der Waals surface area (Å²) in [6, 6.07) is 23.0. The number of aromatic nitrogens is 1. The van der Waals surface area contributed by atoms with Crippen molar-refractivity contribution in [1.82, 2.24) is 4.98 Å². The summed E-state index contributed by atoms with van der Waals surface area (Å²) in [7, 11) is 0. The first kappa shape index (κ1) is 24.0. The molecule has 0 aliphatic heterocycles. The van der Waals surface area contributed by atoms with Gasteiger partial charge < -0.3 is 5.32 Å². The summed E-state index contributed by atoms with van der Waals surface area (Å²) in [6.07, 6.45) is -2.78. The number of thiazole rings is 1. The molecule has 4 rings (SSSR count). The van der Waals surface area contributed by atoms with Crippen molar-refractivity contribution < 1.29 is 18.0 Å². The molecule has 0 fully saturated rings. The number of nitrogens with zero attached hydrogens (tertiary/aromatic N) is 1. The molecule has 1 amide bonds. The lowest BCUT2D eigenvalue weighted by Gasteiger charge is -2.17. The van der Waals surface area contributed by atoms with Crippen LogP contribution in [0, 0.1) is 0 Å². The van der Waals surface area contributed by atoms with E-state index in [9.17, 15) is 18.0 Å². The van der Waals surface area contributed by atoms with E-state index in [2.05, 4.69) is 10.3 Å². The van der Waals surface area contributed by atoms with Gasteiger partial charge in [-0.3, -0.25) is 4.79 Å². The summed E-state index contributed by atoms with van der Waals surface area (Å²) in [5.41, 5.74) is 1.37. The molecule has 0 saturated heterocycles. The third-order valence-electron chi connectivity index (χ3n) is 5.33. The van der Waals surface area contributed by atoms with Crippen molar-refractivity contribution in [3.05, 3.63) is 117 Å². The lowest BCUT2D eigenvalue weighted by atomic mass is 9.88. The molecule has 0 unspecified atom stereocenters. The van der Waals surface area contributed by atoms with Crippen LogP contribution >= 0.6 is 22.9 Å². The van der Waals surface area contributed by atoms with E-state index >= 15 is 0 Å². The summed E-state index contributed by atoms with van der Waals surface area (Å²) < 4.78 is 40.0. The monoisotopic (exact) mass is 500 g/mol. The van der Waals surface area contributed by atoms with Crippen molar-refractivity contribution in [2.24, 2.45) is 0 Å². The van der Waals surface area contributed by atoms with Gasteiger partial charge in [0.1, 0.15) is 0 Å². The summed E-state index contributed by atoms with van der Waals surface area (Å²) in [4.78, 5) is 17.6. The van der Waals surface area contributed by atoms with E-state index in [0.717, 1.165) is 28.5 Å². The van der Waals surface area contributed by atoms with Crippen molar-refractivity contribution in [1.29, 1.82) is 0 Å². The Morgan fingerprint density at radius 2 is 1.59 bits per heavy atom. The Hall–Kier alpha value is -3.16. The Morgan fingerprint density at radius 1 is 0.971 bits per heavy atom. The number of amides is 1. The average molecular weight is 501 g/mol. The smallest absolute Gasteiger partial charge is 0.302 e. The molecule has 174 valence electrons. The maximum absolute atomic E-state index is 13.3. The van der Waals surface area contributed by atoms with Crippen molar-refractivity contribution in [3.63, 3.8) is 0 Å². The van der Waals surface area contributed by atoms with Gasteiger partial charge in [-0.2, -0.15) is 13.2 Å².